The van der Waals surface area contributed by atoms with Crippen molar-refractivity contribution < 1.29 is 40.9 Å². The lowest BCUT2D eigenvalue weighted by molar-refractivity contribution is -0.207. The highest BCUT2D eigenvalue weighted by Gasteiger charge is 2.36. The number of likely N-dealkylation sites (tertiary alicyclic amines) is 1. The number of nitrogens with one attached hydrogen (secondary N) is 2. The molecule has 0 saturated carbocycles. The van der Waals surface area contributed by atoms with Crippen LogP contribution >= 0.6 is 0 Å². The molecule has 1 aliphatic heterocycles. The maximum atomic E-state index is 14.9. The van der Waals surface area contributed by atoms with Crippen molar-refractivity contribution in [1.82, 2.24) is 9.47 Å². The number of nitrogens with zero attached hydrogens (tertiary/aromatic N) is 2. The molecule has 2 radical (unpaired) electrons. The van der Waals surface area contributed by atoms with Crippen LogP contribution in [0.25, 0.3) is 10.9 Å². The fourth-order valence-electron chi connectivity index (χ4n) is 4.70. The van der Waals surface area contributed by atoms with Crippen molar-refractivity contribution in [3.05, 3.63) is 48.2 Å². The average Bonchev–Trinajstić information content (AvgIpc) is 3.23. The number of hydrogen-bond donors (Lipinski definition) is 5. The van der Waals surface area contributed by atoms with Gasteiger partial charge in [0.2, 0.25) is 10.0 Å². The van der Waals surface area contributed by atoms with Crippen LogP contribution < -0.4 is 20.5 Å². The van der Waals surface area contributed by atoms with E-state index in [4.69, 9.17) is 17.7 Å². The van der Waals surface area contributed by atoms with E-state index in [0.717, 1.165) is 9.47 Å². The van der Waals surface area contributed by atoms with E-state index in [1.807, 2.05) is 0 Å². The first-order valence-corrected chi connectivity index (χ1v) is 14.1. The molecule has 42 heavy (non-hydrogen) atoms. The van der Waals surface area contributed by atoms with E-state index in [1.165, 1.54) is 37.4 Å². The van der Waals surface area contributed by atoms with Crippen molar-refractivity contribution in [2.45, 2.75) is 42.1 Å². The molecule has 1 aliphatic rings. The summed E-state index contributed by atoms with van der Waals surface area (Å²) in [5.41, 5.74) is 1.08. The lowest BCUT2D eigenvalue weighted by Gasteiger charge is -2.41. The molecule has 6 N–H and O–H groups in total. The predicted molar refractivity (Wildman–Crippen MR) is 149 cm³/mol. The Labute approximate surface area is 240 Å². The van der Waals surface area contributed by atoms with E-state index < -0.39 is 40.8 Å². The molecule has 16 heteroatoms. The number of fused-ring (bicyclic) bond motifs is 1. The number of benzene rings is 2. The van der Waals surface area contributed by atoms with E-state index >= 15 is 0 Å². The number of methoxy groups -OCH3 is 1. The molecule has 4 rings (SSSR count). The monoisotopic (exact) mass is 609 g/mol. The summed E-state index contributed by atoms with van der Waals surface area (Å²) in [6, 6.07) is 9.31. The number of nitrogens with two attached hydrogens (primary N) is 1. The molecule has 2 aromatic carbocycles. The predicted octanol–water partition coefficient (Wildman–Crippen LogP) is 1.91. The van der Waals surface area contributed by atoms with E-state index in [1.54, 1.807) is 12.1 Å². The SMILES string of the molecule is [B]C(O)(O)N1CCC(Nc2cccc3c2cc(C#CCNc2ccc(S(N)(=O)=O)cc2OC)n3CC(F)(F)F)C(F)C1. The van der Waals surface area contributed by atoms with Crippen LogP contribution in [0.1, 0.15) is 12.1 Å². The standard InChI is InChI=1S/C26H28BF4N5O5S/c1-41-24-13-17(42(32,39)40)7-8-22(24)33-10-3-4-16-12-18-20(5-2-6-23(18)36(16)15-25(29,30)31)34-21-9-11-35(14-19(21)28)26(27,37)38/h2,5-8,12-13,19,21,33-34,37-38H,9-11,14-15H2,1H3,(H2,32,39,40). The number of halogens is 4. The molecule has 0 spiro atoms. The largest absolute Gasteiger partial charge is 0.495 e. The van der Waals surface area contributed by atoms with Crippen LogP contribution in [0.15, 0.2) is 47.4 Å². The Bertz CT molecular complexity index is 1620. The first-order valence-electron chi connectivity index (χ1n) is 12.6. The number of anilines is 2. The van der Waals surface area contributed by atoms with Crippen molar-refractivity contribution in [2.75, 3.05) is 37.4 Å². The zero-order valence-electron chi connectivity index (χ0n) is 22.3. The summed E-state index contributed by atoms with van der Waals surface area (Å²) in [6.07, 6.45) is -5.95. The first kappa shape index (κ1) is 31.5. The summed E-state index contributed by atoms with van der Waals surface area (Å²) in [5, 5.41) is 30.6. The summed E-state index contributed by atoms with van der Waals surface area (Å²) in [5.74, 6) is 3.03. The molecule has 1 aromatic heterocycles. The molecular formula is C26H28BF4N5O5S. The number of rotatable bonds is 8. The molecule has 0 aliphatic carbocycles. The van der Waals surface area contributed by atoms with Gasteiger partial charge in [-0.05, 0) is 42.7 Å². The number of aromatic nitrogens is 1. The Morgan fingerprint density at radius 1 is 1.19 bits per heavy atom. The average molecular weight is 609 g/mol. The van der Waals surface area contributed by atoms with Gasteiger partial charge in [0.25, 0.3) is 0 Å². The highest BCUT2D eigenvalue weighted by Crippen LogP contribution is 2.32. The zero-order chi connectivity index (χ0) is 30.9. The molecule has 2 unspecified atom stereocenters. The minimum atomic E-state index is -4.55. The van der Waals surface area contributed by atoms with Crippen molar-refractivity contribution in [2.24, 2.45) is 5.14 Å². The van der Waals surface area contributed by atoms with Crippen LogP contribution in [-0.2, 0) is 16.6 Å². The van der Waals surface area contributed by atoms with Gasteiger partial charge in [0, 0.05) is 30.2 Å². The summed E-state index contributed by atoms with van der Waals surface area (Å²) >= 11 is 0. The summed E-state index contributed by atoms with van der Waals surface area (Å²) in [4.78, 5) is 0.818. The van der Waals surface area contributed by atoms with Gasteiger partial charge in [-0.2, -0.15) is 13.2 Å². The molecule has 3 aromatic rings. The normalized spacial score (nSPS) is 18.4. The van der Waals surface area contributed by atoms with Gasteiger partial charge in [0.05, 0.1) is 41.5 Å². The third-order valence-electron chi connectivity index (χ3n) is 6.72. The van der Waals surface area contributed by atoms with Gasteiger partial charge in [-0.15, -0.1) is 0 Å². The number of ether oxygens (including phenoxy) is 1. The third-order valence-corrected chi connectivity index (χ3v) is 7.63. The Morgan fingerprint density at radius 3 is 2.55 bits per heavy atom. The lowest BCUT2D eigenvalue weighted by atomic mass is 9.95. The van der Waals surface area contributed by atoms with Crippen LogP contribution in [0.5, 0.6) is 5.75 Å². The number of sulfonamides is 1. The van der Waals surface area contributed by atoms with E-state index in [-0.39, 0.29) is 47.9 Å². The van der Waals surface area contributed by atoms with Gasteiger partial charge in [-0.1, -0.05) is 12.0 Å². The van der Waals surface area contributed by atoms with Gasteiger partial charge in [-0.25, -0.2) is 17.9 Å². The highest BCUT2D eigenvalue weighted by atomic mass is 32.2. The minimum Gasteiger partial charge on any atom is -0.495 e. The van der Waals surface area contributed by atoms with Crippen molar-refractivity contribution >= 4 is 40.1 Å². The maximum absolute atomic E-state index is 14.9. The molecule has 1 fully saturated rings. The second-order valence-electron chi connectivity index (χ2n) is 9.72. The number of hydrogen-bond acceptors (Lipinski definition) is 8. The first-order chi connectivity index (χ1) is 19.6. The molecule has 0 bridgehead atoms. The van der Waals surface area contributed by atoms with Gasteiger partial charge < -0.3 is 30.2 Å². The topological polar surface area (TPSA) is 142 Å². The lowest BCUT2D eigenvalue weighted by Crippen LogP contribution is -2.58. The Morgan fingerprint density at radius 2 is 1.93 bits per heavy atom. The van der Waals surface area contributed by atoms with Gasteiger partial charge >= 0.3 is 6.18 Å². The van der Waals surface area contributed by atoms with E-state index in [0.29, 0.717) is 16.8 Å². The number of piperidine rings is 1. The van der Waals surface area contributed by atoms with Crippen molar-refractivity contribution in [3.63, 3.8) is 0 Å². The van der Waals surface area contributed by atoms with Crippen molar-refractivity contribution in [3.8, 4) is 17.6 Å². The van der Waals surface area contributed by atoms with Crippen LogP contribution in [0.4, 0.5) is 28.9 Å². The van der Waals surface area contributed by atoms with Crippen LogP contribution in [0, 0.1) is 11.8 Å². The Hall–Kier alpha value is -3.49. The molecule has 2 heterocycles. The highest BCUT2D eigenvalue weighted by molar-refractivity contribution is 7.89. The molecule has 10 nitrogen and oxygen atoms in total. The number of primary sulfonamides is 1. The molecule has 0 amide bonds. The third kappa shape index (κ3) is 7.47. The molecule has 2 atom stereocenters. The summed E-state index contributed by atoms with van der Waals surface area (Å²) in [7, 11) is 2.62. The van der Waals surface area contributed by atoms with Crippen molar-refractivity contribution in [1.29, 1.82) is 0 Å². The second kappa shape index (κ2) is 12.0. The van der Waals surface area contributed by atoms with Crippen LogP contribution in [-0.4, -0.2) is 86.9 Å². The smallest absolute Gasteiger partial charge is 0.406 e. The van der Waals surface area contributed by atoms with Gasteiger partial charge in [-0.3, -0.25) is 4.90 Å². The maximum Gasteiger partial charge on any atom is 0.406 e. The minimum absolute atomic E-state index is 0.0236. The zero-order valence-corrected chi connectivity index (χ0v) is 23.1. The second-order valence-corrected chi connectivity index (χ2v) is 11.3. The van der Waals surface area contributed by atoms with Crippen LogP contribution in [0.3, 0.4) is 0 Å². The van der Waals surface area contributed by atoms with E-state index in [9.17, 15) is 36.2 Å². The summed E-state index contributed by atoms with van der Waals surface area (Å²) in [6.45, 7) is -1.61. The summed E-state index contributed by atoms with van der Waals surface area (Å²) < 4.78 is 84.8. The molecule has 1 saturated heterocycles. The number of alkyl halides is 4. The Kier molecular flexibility index (Phi) is 9.00. The fourth-order valence-corrected chi connectivity index (χ4v) is 5.23. The number of aliphatic hydroxyl groups is 2. The molecular weight excluding hydrogens is 581 g/mol. The van der Waals surface area contributed by atoms with Gasteiger partial charge in [0.1, 0.15) is 18.5 Å². The fraction of sp³-hybridized carbons (Fsp3) is 0.385. The molecule has 224 valence electrons. The van der Waals surface area contributed by atoms with Gasteiger partial charge in [0.15, 0.2) is 13.7 Å². The Balaban J connectivity index is 1.59. The van der Waals surface area contributed by atoms with Crippen LogP contribution in [0.2, 0.25) is 0 Å². The van der Waals surface area contributed by atoms with E-state index in [2.05, 4.69) is 22.5 Å². The quantitative estimate of drug-likeness (QED) is 0.113.